The maximum absolute atomic E-state index is 14.9. The van der Waals surface area contributed by atoms with Gasteiger partial charge in [-0.05, 0) is 117 Å². The first-order valence-electron chi connectivity index (χ1n) is 27.7. The zero-order chi connectivity index (χ0) is 57.6. The molecule has 24 heteroatoms. The highest BCUT2D eigenvalue weighted by Gasteiger charge is 2.32. The summed E-state index contributed by atoms with van der Waals surface area (Å²) in [5.41, 5.74) is 8.22. The van der Waals surface area contributed by atoms with Gasteiger partial charge in [-0.2, -0.15) is 13.5 Å². The zero-order valence-corrected chi connectivity index (χ0v) is 46.9. The van der Waals surface area contributed by atoms with Crippen LogP contribution in [0.25, 0.3) is 34.2 Å². The summed E-state index contributed by atoms with van der Waals surface area (Å²) in [5.74, 6) is -1.86. The van der Waals surface area contributed by atoms with E-state index in [1.54, 1.807) is 24.3 Å². The lowest BCUT2D eigenvalue weighted by Gasteiger charge is -2.26. The number of fused-ring (bicyclic) bond motifs is 2. The predicted molar refractivity (Wildman–Crippen MR) is 303 cm³/mol. The summed E-state index contributed by atoms with van der Waals surface area (Å²) in [6.45, 7) is 2.00. The first kappa shape index (κ1) is 57.2. The molecule has 6 N–H and O–H groups in total. The van der Waals surface area contributed by atoms with Crippen LogP contribution in [-0.4, -0.2) is 117 Å². The zero-order valence-electron chi connectivity index (χ0n) is 45.3. The summed E-state index contributed by atoms with van der Waals surface area (Å²) < 4.78 is 35.7. The van der Waals surface area contributed by atoms with Crippen molar-refractivity contribution in [3.05, 3.63) is 158 Å². The minimum absolute atomic E-state index is 0.0338. The van der Waals surface area contributed by atoms with E-state index in [0.29, 0.717) is 126 Å². The number of aliphatic hydroxyl groups excluding tert-OH is 2. The van der Waals surface area contributed by atoms with Crippen molar-refractivity contribution in [1.29, 1.82) is 0 Å². The van der Waals surface area contributed by atoms with Crippen LogP contribution in [-0.2, 0) is 76.8 Å². The number of hydrogen-bond donors (Lipinski definition) is 6. The summed E-state index contributed by atoms with van der Waals surface area (Å²) in [6.07, 6.45) is 0.757. The number of rotatable bonds is 13. The quantitative estimate of drug-likeness (QED) is 0.0333. The number of aliphatic hydroxyl groups is 2. The van der Waals surface area contributed by atoms with Crippen molar-refractivity contribution in [2.75, 3.05) is 6.54 Å². The van der Waals surface area contributed by atoms with Gasteiger partial charge in [-0.1, -0.05) is 30.7 Å². The van der Waals surface area contributed by atoms with Crippen molar-refractivity contribution >= 4 is 45.1 Å². The molecular formula is C59H62N12O10S2. The Kier molecular flexibility index (Phi) is 17.5. The number of carbonyl (C=O) groups is 4. The number of thiophene rings is 1. The van der Waals surface area contributed by atoms with Gasteiger partial charge in [-0.15, -0.1) is 11.3 Å². The van der Waals surface area contributed by atoms with Gasteiger partial charge in [-0.25, -0.2) is 34.7 Å². The Morgan fingerprint density at radius 3 is 1.63 bits per heavy atom. The fourth-order valence-electron chi connectivity index (χ4n) is 10.7. The van der Waals surface area contributed by atoms with E-state index in [1.807, 2.05) is 72.8 Å². The first-order valence-corrected chi connectivity index (χ1v) is 30.0. The van der Waals surface area contributed by atoms with Gasteiger partial charge in [0.1, 0.15) is 11.1 Å². The van der Waals surface area contributed by atoms with Gasteiger partial charge in [0.05, 0.1) is 74.4 Å². The van der Waals surface area contributed by atoms with Crippen LogP contribution in [0.3, 0.4) is 0 Å². The van der Waals surface area contributed by atoms with E-state index in [2.05, 4.69) is 25.8 Å². The Balaban J connectivity index is 0.897. The highest BCUT2D eigenvalue weighted by molar-refractivity contribution is 7.86. The third-order valence-electron chi connectivity index (χ3n) is 14.7. The van der Waals surface area contributed by atoms with Crippen LogP contribution in [0.5, 0.6) is 0 Å². The molecule has 0 radical (unpaired) electrons. The van der Waals surface area contributed by atoms with Crippen molar-refractivity contribution in [2.24, 2.45) is 0 Å². The molecule has 0 saturated carbocycles. The van der Waals surface area contributed by atoms with E-state index in [-0.39, 0.29) is 73.1 Å². The van der Waals surface area contributed by atoms with Crippen molar-refractivity contribution < 1.29 is 47.2 Å². The molecule has 4 amide bonds. The Bertz CT molecular complexity index is 3590. The minimum atomic E-state index is -4.69. The molecule has 430 valence electrons. The Hall–Kier alpha value is -7.65. The second-order valence-corrected chi connectivity index (χ2v) is 23.8. The van der Waals surface area contributed by atoms with Crippen LogP contribution in [0.4, 0.5) is 0 Å². The molecule has 3 atom stereocenters. The number of pyridine rings is 6. The third kappa shape index (κ3) is 14.4. The van der Waals surface area contributed by atoms with Crippen molar-refractivity contribution in [1.82, 2.24) is 60.7 Å². The first-order chi connectivity index (χ1) is 40.1. The Morgan fingerprint density at radius 1 is 0.614 bits per heavy atom. The number of nitrogens with zero attached hydrogens (tertiary/aromatic N) is 9. The standard InChI is InChI=1S/C59H62N12O10S2/c72-54-21-22-55(73)71(54)81-56(74)20-3-1-2-14-44-28-53(83(78,79)80)52(82-44)29-61-59(77)49-15-4-5-23-60-57(75)36-24-42-34-69-30-38-10-6-16-45(62-38)47-18-8-12-40(64-47)32-70(33-41-13-9-19-48(65-41)46-17-7-11-39(31-69)63-46)35-43-25-37(58(76)68-49)27-51(67-43)50(26-36)66-42/h6-13,16-19,24-28,49,56,59,61,74,77H,1-5,14-15,20-23,29-35H2,(H,60,75)(H,68,76)(H,78,79,80). The summed E-state index contributed by atoms with van der Waals surface area (Å²) in [7, 11) is -4.69. The number of amides is 4. The van der Waals surface area contributed by atoms with Gasteiger partial charge in [0.15, 0.2) is 6.29 Å². The van der Waals surface area contributed by atoms with Gasteiger partial charge in [-0.3, -0.25) is 38.8 Å². The van der Waals surface area contributed by atoms with E-state index in [9.17, 15) is 42.4 Å². The molecular weight excluding hydrogens is 1100 g/mol. The second-order valence-electron chi connectivity index (χ2n) is 21.2. The number of imide groups is 1. The van der Waals surface area contributed by atoms with Crippen LogP contribution >= 0.6 is 11.3 Å². The van der Waals surface area contributed by atoms with Crippen molar-refractivity contribution in [3.8, 4) is 34.2 Å². The lowest BCUT2D eigenvalue weighted by atomic mass is 10.1. The lowest BCUT2D eigenvalue weighted by Crippen LogP contribution is -2.50. The summed E-state index contributed by atoms with van der Waals surface area (Å²) in [6, 6.07) is 30.8. The average molecular weight is 1160 g/mol. The molecule has 0 aliphatic carbocycles. The molecule has 5 aliphatic heterocycles. The van der Waals surface area contributed by atoms with E-state index in [4.69, 9.17) is 34.7 Å². The molecule has 5 aliphatic rings. The topological polar surface area (TPSA) is 295 Å². The monoisotopic (exact) mass is 1160 g/mol. The van der Waals surface area contributed by atoms with E-state index in [0.717, 1.165) is 34.1 Å². The van der Waals surface area contributed by atoms with Crippen LogP contribution < -0.4 is 16.0 Å². The van der Waals surface area contributed by atoms with Crippen LogP contribution in [0, 0.1) is 0 Å². The number of hydroxylamine groups is 2. The van der Waals surface area contributed by atoms with Gasteiger partial charge in [0.2, 0.25) is 0 Å². The molecule has 1 saturated heterocycles. The lowest BCUT2D eigenvalue weighted by molar-refractivity contribution is -0.245. The molecule has 12 heterocycles. The van der Waals surface area contributed by atoms with E-state index >= 15 is 0 Å². The fourth-order valence-corrected chi connectivity index (χ4v) is 12.9. The minimum Gasteiger partial charge on any atom is -0.376 e. The summed E-state index contributed by atoms with van der Waals surface area (Å²) in [4.78, 5) is 93.8. The Labute approximate surface area is 483 Å². The van der Waals surface area contributed by atoms with E-state index < -0.39 is 46.4 Å². The number of carbonyl (C=O) groups excluding carboxylic acids is 4. The second kappa shape index (κ2) is 25.5. The van der Waals surface area contributed by atoms with Gasteiger partial charge >= 0.3 is 0 Å². The largest absolute Gasteiger partial charge is 0.376 e. The summed E-state index contributed by atoms with van der Waals surface area (Å²) in [5, 5.41) is 31.9. The molecule has 83 heavy (non-hydrogen) atoms. The summed E-state index contributed by atoms with van der Waals surface area (Å²) >= 11 is 1.15. The maximum Gasteiger partial charge on any atom is 0.295 e. The number of hydrogen-bond acceptors (Lipinski definition) is 19. The molecule has 0 aromatic carbocycles. The van der Waals surface area contributed by atoms with Gasteiger partial charge in [0.25, 0.3) is 33.7 Å². The predicted octanol–water partition coefficient (Wildman–Crippen LogP) is 6.02. The fraction of sp³-hybridized carbons (Fsp3) is 0.356. The highest BCUT2D eigenvalue weighted by Crippen LogP contribution is 2.30. The molecule has 1 fully saturated rings. The molecule has 3 unspecified atom stereocenters. The SMILES string of the molecule is O=C1NCCCCC(C(O)NCc2sc(CCCCCC(O)ON3C(=O)CCC3=O)cc2S(=O)(=O)O)NC(=O)c2cc3nc(c2)-c2cc1cc(n2)CN1Cc2cccc(n2)-c2cccc(n2)CN(Cc2cccc(n2)-c2cccc(n2)C1)C3. The van der Waals surface area contributed by atoms with Gasteiger partial charge in [0, 0.05) is 92.5 Å². The van der Waals surface area contributed by atoms with Crippen LogP contribution in [0.2, 0.25) is 0 Å². The smallest absolute Gasteiger partial charge is 0.295 e. The number of unbranched alkanes of at least 4 members (excludes halogenated alkanes) is 2. The third-order valence-corrected chi connectivity index (χ3v) is 17.0. The molecule has 7 aromatic rings. The molecule has 7 aromatic heterocycles. The molecule has 22 nitrogen and oxygen atoms in total. The van der Waals surface area contributed by atoms with Crippen LogP contribution in [0.1, 0.15) is 122 Å². The number of nitrogens with one attached hydrogen (secondary N) is 3. The van der Waals surface area contributed by atoms with E-state index in [1.165, 1.54) is 6.07 Å². The Morgan fingerprint density at radius 2 is 1.11 bits per heavy atom. The van der Waals surface area contributed by atoms with Crippen LogP contribution in [0.15, 0.2) is 108 Å². The van der Waals surface area contributed by atoms with Gasteiger partial charge < -0.3 is 20.8 Å². The number of aromatic nitrogens is 6. The normalized spacial score (nSPS) is 19.2. The molecule has 12 rings (SSSR count). The average Bonchev–Trinajstić information content (AvgIpc) is 4.21. The number of aryl methyl sites for hydroxylation is 1. The van der Waals surface area contributed by atoms with Crippen molar-refractivity contribution in [3.63, 3.8) is 0 Å². The van der Waals surface area contributed by atoms with Crippen molar-refractivity contribution in [2.45, 2.75) is 133 Å². The molecule has 16 bridgehead atoms. The molecule has 0 spiro atoms. The maximum atomic E-state index is 14.9. The highest BCUT2D eigenvalue weighted by atomic mass is 32.2.